The second-order valence-corrected chi connectivity index (χ2v) is 3.77. The normalized spacial score (nSPS) is 13.1. The van der Waals surface area contributed by atoms with Gasteiger partial charge in [0.15, 0.2) is 0 Å². The van der Waals surface area contributed by atoms with Gasteiger partial charge in [0, 0.05) is 0 Å². The number of rotatable bonds is 6. The molecule has 7 heteroatoms. The lowest BCUT2D eigenvalue weighted by atomic mass is 10.2. The molecule has 0 aliphatic rings. The highest BCUT2D eigenvalue weighted by Gasteiger charge is 2.41. The fourth-order valence-corrected chi connectivity index (χ4v) is 1.27. The molecule has 0 heterocycles. The van der Waals surface area contributed by atoms with E-state index in [4.69, 9.17) is 4.84 Å². The molecule has 1 rings (SSSR count). The maximum absolute atomic E-state index is 12.6. The maximum atomic E-state index is 12.6. The number of methoxy groups -OCH3 is 1. The van der Waals surface area contributed by atoms with Gasteiger partial charge in [-0.05, 0) is 5.56 Å². The van der Waals surface area contributed by atoms with Crippen LogP contribution in [0.2, 0.25) is 0 Å². The topological polar surface area (TPSA) is 47.6 Å². The van der Waals surface area contributed by atoms with Crippen LogP contribution in [0.25, 0.3) is 0 Å². The van der Waals surface area contributed by atoms with Gasteiger partial charge in [-0.1, -0.05) is 30.3 Å². The van der Waals surface area contributed by atoms with Crippen molar-refractivity contribution in [3.8, 4) is 0 Å². The summed E-state index contributed by atoms with van der Waals surface area (Å²) in [5, 5.41) is 0. The van der Waals surface area contributed by atoms with Crippen LogP contribution in [0, 0.1) is 0 Å². The molecule has 0 radical (unpaired) electrons. The Kier molecular flexibility index (Phi) is 5.78. The van der Waals surface area contributed by atoms with Crippen molar-refractivity contribution in [2.75, 3.05) is 7.11 Å². The maximum Gasteiger partial charge on any atom is 0.406 e. The van der Waals surface area contributed by atoms with E-state index in [1.54, 1.807) is 30.3 Å². The number of carbonyl (C=O) groups is 1. The van der Waals surface area contributed by atoms with E-state index in [0.717, 1.165) is 7.11 Å². The lowest BCUT2D eigenvalue weighted by Crippen LogP contribution is -2.43. The summed E-state index contributed by atoms with van der Waals surface area (Å²) in [6.45, 7) is -0.0331. The summed E-state index contributed by atoms with van der Waals surface area (Å²) in [6.07, 6.45) is -5.43. The Morgan fingerprint density at radius 1 is 1.32 bits per heavy atom. The second kappa shape index (κ2) is 7.10. The summed E-state index contributed by atoms with van der Waals surface area (Å²) in [7, 11) is 1.03. The summed E-state index contributed by atoms with van der Waals surface area (Å²) in [6, 6.07) is 6.61. The number of nitrogens with one attached hydrogen (secondary N) is 1. The first-order valence-electron chi connectivity index (χ1n) is 5.48. The molecule has 1 aromatic carbocycles. The average molecular weight is 277 g/mol. The molecule has 0 amide bonds. The average Bonchev–Trinajstić information content (AvgIpc) is 2.37. The molecule has 0 unspecified atom stereocenters. The Labute approximate surface area is 108 Å². The van der Waals surface area contributed by atoms with E-state index in [1.165, 1.54) is 0 Å². The third-order valence-electron chi connectivity index (χ3n) is 2.30. The van der Waals surface area contributed by atoms with Crippen molar-refractivity contribution < 1.29 is 27.5 Å². The van der Waals surface area contributed by atoms with Crippen molar-refractivity contribution in [1.29, 1.82) is 0 Å². The molecule has 4 nitrogen and oxygen atoms in total. The molecular weight excluding hydrogens is 263 g/mol. The lowest BCUT2D eigenvalue weighted by molar-refractivity contribution is -0.193. The Balaban J connectivity index is 2.47. The van der Waals surface area contributed by atoms with E-state index in [2.05, 4.69) is 4.74 Å². The van der Waals surface area contributed by atoms with Crippen LogP contribution in [0.15, 0.2) is 30.3 Å². The van der Waals surface area contributed by atoms with Crippen LogP contribution in [0.1, 0.15) is 12.0 Å². The highest BCUT2D eigenvalue weighted by Crippen LogP contribution is 2.23. The highest BCUT2D eigenvalue weighted by atomic mass is 19.4. The van der Waals surface area contributed by atoms with Crippen LogP contribution in [0.3, 0.4) is 0 Å². The van der Waals surface area contributed by atoms with Crippen molar-refractivity contribution in [2.24, 2.45) is 0 Å². The van der Waals surface area contributed by atoms with Crippen molar-refractivity contribution in [3.63, 3.8) is 0 Å². The quantitative estimate of drug-likeness (QED) is 0.639. The predicted molar refractivity (Wildman–Crippen MR) is 60.8 cm³/mol. The standard InChI is InChI=1S/C12H14F3NO3/c1-18-11(17)7-10(12(13,14)15)16-19-8-9-5-3-2-4-6-9/h2-6,10,16H,7-8H2,1H3/t10-/m1/s1. The molecule has 0 spiro atoms. The van der Waals surface area contributed by atoms with Crippen LogP contribution in [-0.2, 0) is 21.0 Å². The third-order valence-corrected chi connectivity index (χ3v) is 2.30. The number of benzene rings is 1. The van der Waals surface area contributed by atoms with E-state index in [9.17, 15) is 18.0 Å². The first-order valence-corrected chi connectivity index (χ1v) is 5.48. The number of ether oxygens (including phenoxy) is 1. The molecule has 1 atom stereocenters. The SMILES string of the molecule is COC(=O)C[C@@H](NOCc1ccccc1)C(F)(F)F. The highest BCUT2D eigenvalue weighted by molar-refractivity contribution is 5.70. The largest absolute Gasteiger partial charge is 0.469 e. The van der Waals surface area contributed by atoms with Crippen molar-refractivity contribution >= 4 is 5.97 Å². The zero-order chi connectivity index (χ0) is 14.3. The van der Waals surface area contributed by atoms with Gasteiger partial charge in [0.2, 0.25) is 0 Å². The van der Waals surface area contributed by atoms with Gasteiger partial charge in [0.05, 0.1) is 20.1 Å². The summed E-state index contributed by atoms with van der Waals surface area (Å²) in [4.78, 5) is 15.7. The fourth-order valence-electron chi connectivity index (χ4n) is 1.27. The second-order valence-electron chi connectivity index (χ2n) is 3.77. The molecule has 0 saturated carbocycles. The fraction of sp³-hybridized carbons (Fsp3) is 0.417. The van der Waals surface area contributed by atoms with Crippen molar-refractivity contribution in [1.82, 2.24) is 5.48 Å². The van der Waals surface area contributed by atoms with Gasteiger partial charge >= 0.3 is 12.1 Å². The Morgan fingerprint density at radius 3 is 2.47 bits per heavy atom. The van der Waals surface area contributed by atoms with E-state index in [0.29, 0.717) is 5.56 Å². The monoisotopic (exact) mass is 277 g/mol. The molecule has 19 heavy (non-hydrogen) atoms. The molecule has 1 N–H and O–H groups in total. The smallest absolute Gasteiger partial charge is 0.406 e. The van der Waals surface area contributed by atoms with Crippen molar-refractivity contribution in [2.45, 2.75) is 25.2 Å². The number of hydroxylamine groups is 1. The van der Waals surface area contributed by atoms with Crippen LogP contribution < -0.4 is 5.48 Å². The van der Waals surface area contributed by atoms with Crippen LogP contribution >= 0.6 is 0 Å². The number of alkyl halides is 3. The van der Waals surface area contributed by atoms with Crippen LogP contribution in [0.5, 0.6) is 0 Å². The van der Waals surface area contributed by atoms with Gasteiger partial charge < -0.3 is 4.74 Å². The molecule has 0 aliphatic heterocycles. The lowest BCUT2D eigenvalue weighted by Gasteiger charge is -2.20. The zero-order valence-electron chi connectivity index (χ0n) is 10.2. The predicted octanol–water partition coefficient (Wildman–Crippen LogP) is 2.20. The summed E-state index contributed by atoms with van der Waals surface area (Å²) in [5.74, 6) is -0.960. The molecular formula is C12H14F3NO3. The number of hydrogen-bond donors (Lipinski definition) is 1. The minimum Gasteiger partial charge on any atom is -0.469 e. The zero-order valence-corrected chi connectivity index (χ0v) is 10.2. The Bertz CT molecular complexity index is 395. The van der Waals surface area contributed by atoms with Gasteiger partial charge in [-0.15, -0.1) is 0 Å². The summed E-state index contributed by atoms with van der Waals surface area (Å²) < 4.78 is 42.0. The van der Waals surface area contributed by atoms with Gasteiger partial charge in [-0.25, -0.2) is 0 Å². The minimum atomic E-state index is -4.59. The molecule has 1 aromatic rings. The number of esters is 1. The number of carbonyl (C=O) groups excluding carboxylic acids is 1. The summed E-state index contributed by atoms with van der Waals surface area (Å²) >= 11 is 0. The third kappa shape index (κ3) is 5.71. The number of hydrogen-bond acceptors (Lipinski definition) is 4. The van der Waals surface area contributed by atoms with Crippen LogP contribution in [-0.4, -0.2) is 25.3 Å². The molecule has 0 bridgehead atoms. The van der Waals surface area contributed by atoms with Gasteiger partial charge in [0.25, 0.3) is 0 Å². The van der Waals surface area contributed by atoms with E-state index >= 15 is 0 Å². The Morgan fingerprint density at radius 2 is 1.95 bits per heavy atom. The molecule has 0 saturated heterocycles. The molecule has 0 aromatic heterocycles. The Hall–Kier alpha value is -1.60. The van der Waals surface area contributed by atoms with E-state index < -0.39 is 24.6 Å². The van der Waals surface area contributed by atoms with Gasteiger partial charge in [-0.2, -0.15) is 18.7 Å². The van der Waals surface area contributed by atoms with E-state index in [1.807, 2.05) is 5.48 Å². The number of halogens is 3. The summed E-state index contributed by atoms with van der Waals surface area (Å²) in [5.41, 5.74) is 2.56. The van der Waals surface area contributed by atoms with Crippen molar-refractivity contribution in [3.05, 3.63) is 35.9 Å². The van der Waals surface area contributed by atoms with E-state index in [-0.39, 0.29) is 6.61 Å². The van der Waals surface area contributed by atoms with Gasteiger partial charge in [-0.3, -0.25) is 9.63 Å². The van der Waals surface area contributed by atoms with Gasteiger partial charge in [0.1, 0.15) is 6.04 Å². The van der Waals surface area contributed by atoms with Crippen LogP contribution in [0.4, 0.5) is 13.2 Å². The molecule has 106 valence electrons. The first kappa shape index (κ1) is 15.5. The minimum absolute atomic E-state index is 0.0331. The molecule has 0 fully saturated rings. The molecule has 0 aliphatic carbocycles. The first-order chi connectivity index (χ1) is 8.93.